The van der Waals surface area contributed by atoms with Gasteiger partial charge in [0.05, 0.1) is 17.9 Å². The molecule has 166 valence electrons. The van der Waals surface area contributed by atoms with Crippen LogP contribution in [0.1, 0.15) is 28.0 Å². The highest BCUT2D eigenvalue weighted by Gasteiger charge is 2.40. The smallest absolute Gasteiger partial charge is 0.459 e. The van der Waals surface area contributed by atoms with Crippen LogP contribution in [-0.4, -0.2) is 41.2 Å². The summed E-state index contributed by atoms with van der Waals surface area (Å²) in [6.07, 6.45) is -1.81. The number of fused-ring (bicyclic) bond motifs is 1. The van der Waals surface area contributed by atoms with E-state index in [1.54, 1.807) is 6.20 Å². The molecule has 2 aromatic heterocycles. The van der Waals surface area contributed by atoms with Gasteiger partial charge in [0.25, 0.3) is 5.91 Å². The zero-order valence-corrected chi connectivity index (χ0v) is 17.0. The molecule has 1 aliphatic rings. The number of alkyl halides is 3. The summed E-state index contributed by atoms with van der Waals surface area (Å²) in [5.41, 5.74) is 5.76. The van der Waals surface area contributed by atoms with E-state index in [4.69, 9.17) is 0 Å². The first-order valence-electron chi connectivity index (χ1n) is 10.1. The minimum Gasteiger partial charge on any atom is -0.459 e. The average molecular weight is 443 g/mol. The molecule has 0 saturated heterocycles. The van der Waals surface area contributed by atoms with Crippen molar-refractivity contribution in [1.82, 2.24) is 15.3 Å². The molecule has 6 nitrogen and oxygen atoms in total. The van der Waals surface area contributed by atoms with Crippen molar-refractivity contribution in [2.24, 2.45) is 0 Å². The fourth-order valence-corrected chi connectivity index (χ4v) is 3.61. The summed E-state index contributed by atoms with van der Waals surface area (Å²) in [6, 6.07) is 13.1. The van der Waals surface area contributed by atoms with Crippen molar-refractivity contribution in [3.8, 4) is 22.5 Å². The molecule has 0 atom stereocenters. The van der Waals surface area contributed by atoms with Crippen LogP contribution in [0, 0.1) is 0 Å². The lowest BCUT2D eigenvalue weighted by Crippen LogP contribution is -2.31. The Morgan fingerprint density at radius 3 is 2.75 bits per heavy atom. The van der Waals surface area contributed by atoms with Crippen molar-refractivity contribution >= 4 is 11.9 Å². The average Bonchev–Trinajstić information content (AvgIpc) is 3.22. The highest BCUT2D eigenvalue weighted by molar-refractivity contribution is 5.97. The zero-order valence-electron chi connectivity index (χ0n) is 17.0. The lowest BCUT2D eigenvalue weighted by molar-refractivity contribution is -0.199. The summed E-state index contributed by atoms with van der Waals surface area (Å²) in [4.78, 5) is 30.5. The van der Waals surface area contributed by atoms with Crippen LogP contribution in [0.5, 0.6) is 0 Å². The van der Waals surface area contributed by atoms with E-state index in [0.717, 1.165) is 40.2 Å². The van der Waals surface area contributed by atoms with Crippen molar-refractivity contribution in [3.05, 3.63) is 65.5 Å². The number of carbonyl (C=O) groups excluding carboxylic acids is 2. The molecular weight excluding hydrogens is 423 g/mol. The van der Waals surface area contributed by atoms with Crippen LogP contribution in [-0.2, 0) is 22.4 Å². The first-order chi connectivity index (χ1) is 15.3. The Hall–Kier alpha value is -3.62. The number of amides is 1. The first kappa shape index (κ1) is 21.6. The van der Waals surface area contributed by atoms with Gasteiger partial charge < -0.3 is 15.0 Å². The number of hydrogen-bond acceptors (Lipinski definition) is 4. The number of aryl methyl sites for hydroxylation is 1. The SMILES string of the molecule is O=C1NCCc2[nH]c(-c3ccnc(-c4cccc(CCCOC(=O)C(F)(F)F)c4)c3)cc21. The normalized spacial score (nSPS) is 13.4. The van der Waals surface area contributed by atoms with Gasteiger partial charge in [-0.15, -0.1) is 0 Å². The van der Waals surface area contributed by atoms with Crippen molar-refractivity contribution in [2.75, 3.05) is 13.2 Å². The maximum Gasteiger partial charge on any atom is 0.490 e. The molecule has 0 spiro atoms. The fourth-order valence-electron chi connectivity index (χ4n) is 3.61. The van der Waals surface area contributed by atoms with Gasteiger partial charge in [0.1, 0.15) is 0 Å². The summed E-state index contributed by atoms with van der Waals surface area (Å²) in [5.74, 6) is -2.26. The molecule has 2 N–H and O–H groups in total. The highest BCUT2D eigenvalue weighted by atomic mass is 19.4. The van der Waals surface area contributed by atoms with Gasteiger partial charge >= 0.3 is 12.1 Å². The quantitative estimate of drug-likeness (QED) is 0.445. The molecule has 1 amide bonds. The van der Waals surface area contributed by atoms with E-state index >= 15 is 0 Å². The van der Waals surface area contributed by atoms with Crippen molar-refractivity contribution < 1.29 is 27.5 Å². The highest BCUT2D eigenvalue weighted by Crippen LogP contribution is 2.27. The van der Waals surface area contributed by atoms with Gasteiger partial charge in [0, 0.05) is 41.7 Å². The van der Waals surface area contributed by atoms with Crippen molar-refractivity contribution in [3.63, 3.8) is 0 Å². The second kappa shape index (κ2) is 8.86. The Labute approximate surface area is 181 Å². The maximum absolute atomic E-state index is 12.2. The molecule has 0 unspecified atom stereocenters. The monoisotopic (exact) mass is 443 g/mol. The molecule has 0 radical (unpaired) electrons. The van der Waals surface area contributed by atoms with E-state index in [-0.39, 0.29) is 18.9 Å². The summed E-state index contributed by atoms with van der Waals surface area (Å²) in [7, 11) is 0. The summed E-state index contributed by atoms with van der Waals surface area (Å²) in [6.45, 7) is 0.303. The Kier molecular flexibility index (Phi) is 5.98. The Bertz CT molecular complexity index is 1150. The predicted molar refractivity (Wildman–Crippen MR) is 111 cm³/mol. The lowest BCUT2D eigenvalue weighted by atomic mass is 10.0. The van der Waals surface area contributed by atoms with Crippen LogP contribution in [0.4, 0.5) is 13.2 Å². The van der Waals surface area contributed by atoms with E-state index in [9.17, 15) is 22.8 Å². The van der Waals surface area contributed by atoms with Crippen molar-refractivity contribution in [2.45, 2.75) is 25.4 Å². The van der Waals surface area contributed by atoms with Crippen LogP contribution in [0.15, 0.2) is 48.7 Å². The number of aromatic nitrogens is 2. The number of rotatable bonds is 6. The van der Waals surface area contributed by atoms with Crippen LogP contribution in [0.25, 0.3) is 22.5 Å². The summed E-state index contributed by atoms with van der Waals surface area (Å²) >= 11 is 0. The molecular formula is C23H20F3N3O3. The molecule has 1 aliphatic heterocycles. The van der Waals surface area contributed by atoms with Gasteiger partial charge in [-0.25, -0.2) is 4.79 Å². The topological polar surface area (TPSA) is 84.1 Å². The molecule has 0 aliphatic carbocycles. The van der Waals surface area contributed by atoms with Gasteiger partial charge in [0.15, 0.2) is 0 Å². The van der Waals surface area contributed by atoms with Crippen LogP contribution >= 0.6 is 0 Å². The number of benzene rings is 1. The fraction of sp³-hybridized carbons (Fsp3) is 0.261. The molecule has 1 aromatic carbocycles. The van der Waals surface area contributed by atoms with Gasteiger partial charge in [-0.1, -0.05) is 18.2 Å². The van der Waals surface area contributed by atoms with Crippen LogP contribution in [0.3, 0.4) is 0 Å². The number of carbonyl (C=O) groups is 2. The van der Waals surface area contributed by atoms with Gasteiger partial charge in [-0.05, 0) is 42.7 Å². The Balaban J connectivity index is 1.46. The van der Waals surface area contributed by atoms with E-state index in [1.165, 1.54) is 0 Å². The molecule has 0 fully saturated rings. The standard InChI is InChI=1S/C23H20F3N3O3/c24-23(25,26)22(31)32-10-2-4-14-3-1-5-15(11-14)19-12-16(6-8-27-19)20-13-17-18(29-20)7-9-28-21(17)30/h1,3,5-6,8,11-13,29H,2,4,7,9-10H2,(H,28,30). The Morgan fingerprint density at radius 2 is 1.97 bits per heavy atom. The minimum absolute atomic E-state index is 0.0864. The molecule has 3 aromatic rings. The zero-order chi connectivity index (χ0) is 22.7. The molecule has 4 rings (SSSR count). The number of esters is 1. The predicted octanol–water partition coefficient (Wildman–Crippen LogP) is 4.07. The molecule has 0 saturated carbocycles. The number of nitrogens with one attached hydrogen (secondary N) is 2. The molecule has 32 heavy (non-hydrogen) atoms. The number of aromatic amines is 1. The third kappa shape index (κ3) is 4.82. The van der Waals surface area contributed by atoms with E-state index < -0.39 is 12.1 Å². The van der Waals surface area contributed by atoms with E-state index in [0.29, 0.717) is 18.5 Å². The lowest BCUT2D eigenvalue weighted by Gasteiger charge is -2.11. The number of pyridine rings is 1. The largest absolute Gasteiger partial charge is 0.490 e. The number of hydrogen-bond donors (Lipinski definition) is 2. The number of H-pyrrole nitrogens is 1. The minimum atomic E-state index is -4.97. The second-order valence-corrected chi connectivity index (χ2v) is 7.45. The second-order valence-electron chi connectivity index (χ2n) is 7.45. The van der Waals surface area contributed by atoms with E-state index in [2.05, 4.69) is 20.0 Å². The third-order valence-electron chi connectivity index (χ3n) is 5.17. The Morgan fingerprint density at radius 1 is 1.12 bits per heavy atom. The van der Waals surface area contributed by atoms with Gasteiger partial charge in [0.2, 0.25) is 0 Å². The number of ether oxygens (including phenoxy) is 1. The van der Waals surface area contributed by atoms with E-state index in [1.807, 2.05) is 42.5 Å². The molecule has 3 heterocycles. The van der Waals surface area contributed by atoms with Crippen LogP contribution in [0.2, 0.25) is 0 Å². The van der Waals surface area contributed by atoms with Gasteiger partial charge in [-0.3, -0.25) is 9.78 Å². The number of nitrogens with zero attached hydrogens (tertiary/aromatic N) is 1. The molecule has 9 heteroatoms. The molecule has 0 bridgehead atoms. The number of halogens is 3. The van der Waals surface area contributed by atoms with Gasteiger partial charge in [-0.2, -0.15) is 13.2 Å². The summed E-state index contributed by atoms with van der Waals surface area (Å²) < 4.78 is 40.8. The summed E-state index contributed by atoms with van der Waals surface area (Å²) in [5, 5.41) is 2.83. The maximum atomic E-state index is 12.2. The van der Waals surface area contributed by atoms with Crippen molar-refractivity contribution in [1.29, 1.82) is 0 Å². The van der Waals surface area contributed by atoms with Crippen LogP contribution < -0.4 is 5.32 Å². The third-order valence-corrected chi connectivity index (χ3v) is 5.17. The first-order valence-corrected chi connectivity index (χ1v) is 10.1.